The molecule has 6 heteroatoms. The van der Waals surface area contributed by atoms with E-state index in [1.807, 2.05) is 55.5 Å². The quantitative estimate of drug-likeness (QED) is 0.791. The molecule has 2 rings (SSSR count). The van der Waals surface area contributed by atoms with Crippen LogP contribution in [0.5, 0.6) is 11.5 Å². The van der Waals surface area contributed by atoms with E-state index in [1.54, 1.807) is 14.2 Å². The van der Waals surface area contributed by atoms with E-state index in [2.05, 4.69) is 4.90 Å². The summed E-state index contributed by atoms with van der Waals surface area (Å²) in [5.74, 6) is 1.40. The first-order valence-corrected chi connectivity index (χ1v) is 7.41. The first kappa shape index (κ1) is 17.2. The Kier molecular flexibility index (Phi) is 5.34. The van der Waals surface area contributed by atoms with Gasteiger partial charge in [-0.3, -0.25) is 0 Å². The molecule has 0 atom stereocenters. The van der Waals surface area contributed by atoms with Gasteiger partial charge in [0.25, 0.3) is 0 Å². The smallest absolute Gasteiger partial charge is 0.145 e. The summed E-state index contributed by atoms with van der Waals surface area (Å²) in [5.41, 5.74) is 2.76. The van der Waals surface area contributed by atoms with Crippen LogP contribution in [0.4, 0.5) is 5.69 Å². The van der Waals surface area contributed by atoms with Gasteiger partial charge in [-0.1, -0.05) is 0 Å². The van der Waals surface area contributed by atoms with E-state index in [0.29, 0.717) is 24.6 Å². The van der Waals surface area contributed by atoms with Gasteiger partial charge in [0, 0.05) is 45.0 Å². The summed E-state index contributed by atoms with van der Waals surface area (Å²) in [5, 5.41) is 18.5. The monoisotopic (exact) mass is 324 g/mol. The molecule has 1 aromatic rings. The average molecular weight is 324 g/mol. The van der Waals surface area contributed by atoms with Crippen molar-refractivity contribution >= 4 is 5.69 Å². The molecule has 1 fully saturated rings. The lowest BCUT2D eigenvalue weighted by atomic mass is 10.1. The molecule has 0 aliphatic carbocycles. The van der Waals surface area contributed by atoms with Crippen LogP contribution in [0.3, 0.4) is 0 Å². The van der Waals surface area contributed by atoms with Gasteiger partial charge in [0.15, 0.2) is 0 Å². The van der Waals surface area contributed by atoms with Gasteiger partial charge in [0.05, 0.1) is 19.9 Å². The Morgan fingerprint density at radius 2 is 1.88 bits per heavy atom. The van der Waals surface area contributed by atoms with Crippen LogP contribution in [0.1, 0.15) is 0 Å². The molecule has 0 bridgehead atoms. The number of nitrogens with zero attached hydrogens (tertiary/aromatic N) is 4. The van der Waals surface area contributed by atoms with Crippen LogP contribution in [0.2, 0.25) is 0 Å². The zero-order valence-electron chi connectivity index (χ0n) is 14.3. The van der Waals surface area contributed by atoms with Gasteiger partial charge in [-0.05, 0) is 17.7 Å². The third kappa shape index (κ3) is 3.44. The Hall–Kier alpha value is -3.12. The van der Waals surface area contributed by atoms with Crippen LogP contribution < -0.4 is 14.4 Å². The highest BCUT2D eigenvalue weighted by molar-refractivity contribution is 5.67. The van der Waals surface area contributed by atoms with Crippen molar-refractivity contribution in [2.24, 2.45) is 0 Å². The van der Waals surface area contributed by atoms with Gasteiger partial charge in [-0.25, -0.2) is 0 Å². The van der Waals surface area contributed by atoms with Gasteiger partial charge in [0.2, 0.25) is 0 Å². The molecule has 1 heterocycles. The summed E-state index contributed by atoms with van der Waals surface area (Å²) in [6.45, 7) is 1.09. The van der Waals surface area contributed by atoms with E-state index >= 15 is 0 Å². The molecule has 1 saturated heterocycles. The van der Waals surface area contributed by atoms with Crippen molar-refractivity contribution in [3.05, 3.63) is 41.1 Å². The van der Waals surface area contributed by atoms with E-state index < -0.39 is 0 Å². The summed E-state index contributed by atoms with van der Waals surface area (Å²) in [6.07, 6.45) is 1.94. The van der Waals surface area contributed by atoms with E-state index in [9.17, 15) is 10.5 Å². The van der Waals surface area contributed by atoms with Crippen molar-refractivity contribution in [1.82, 2.24) is 4.90 Å². The molecular formula is C18H20N4O2. The normalized spacial score (nSPS) is 15.0. The fraction of sp³-hybridized carbons (Fsp3) is 0.333. The Balaban J connectivity index is 2.47. The molecule has 1 aliphatic heterocycles. The predicted molar refractivity (Wildman–Crippen MR) is 91.8 cm³/mol. The number of allylic oxidation sites excluding steroid dienone is 1. The Morgan fingerprint density at radius 1 is 1.17 bits per heavy atom. The van der Waals surface area contributed by atoms with Gasteiger partial charge >= 0.3 is 0 Å². The molecule has 1 aromatic carbocycles. The predicted octanol–water partition coefficient (Wildman–Crippen LogP) is 2.31. The number of benzene rings is 1. The maximum absolute atomic E-state index is 9.23. The van der Waals surface area contributed by atoms with E-state index in [0.717, 1.165) is 16.8 Å². The molecule has 1 aliphatic rings. The van der Waals surface area contributed by atoms with Crippen LogP contribution in [0.15, 0.2) is 41.1 Å². The molecular weight excluding hydrogens is 304 g/mol. The minimum Gasteiger partial charge on any atom is -0.497 e. The summed E-state index contributed by atoms with van der Waals surface area (Å²) in [7, 11) is 7.05. The van der Waals surface area contributed by atoms with Crippen LogP contribution in [0, 0.1) is 22.7 Å². The maximum atomic E-state index is 9.23. The van der Waals surface area contributed by atoms with Crippen molar-refractivity contribution in [3.8, 4) is 23.6 Å². The van der Waals surface area contributed by atoms with Crippen LogP contribution >= 0.6 is 0 Å². The van der Waals surface area contributed by atoms with Gasteiger partial charge in [-0.2, -0.15) is 10.5 Å². The maximum Gasteiger partial charge on any atom is 0.145 e. The van der Waals surface area contributed by atoms with Crippen LogP contribution in [0.25, 0.3) is 0 Å². The second-order valence-corrected chi connectivity index (χ2v) is 5.59. The third-order valence-corrected chi connectivity index (χ3v) is 3.76. The number of methoxy groups -OCH3 is 2. The van der Waals surface area contributed by atoms with E-state index in [1.165, 1.54) is 0 Å². The Bertz CT molecular complexity index is 750. The van der Waals surface area contributed by atoms with Crippen molar-refractivity contribution in [3.63, 3.8) is 0 Å². The van der Waals surface area contributed by atoms with E-state index in [4.69, 9.17) is 9.47 Å². The molecule has 24 heavy (non-hydrogen) atoms. The summed E-state index contributed by atoms with van der Waals surface area (Å²) < 4.78 is 10.7. The summed E-state index contributed by atoms with van der Waals surface area (Å²) in [4.78, 5) is 3.99. The third-order valence-electron chi connectivity index (χ3n) is 3.76. The SMILES string of the molecule is COc1ccc(N2CC(=CN(C)C)C(=C(C#N)C#N)C2)c(OC)c1. The highest BCUT2D eigenvalue weighted by Crippen LogP contribution is 2.37. The zero-order valence-corrected chi connectivity index (χ0v) is 14.3. The van der Waals surface area contributed by atoms with Crippen molar-refractivity contribution in [2.75, 3.05) is 46.3 Å². The molecule has 0 N–H and O–H groups in total. The number of hydrogen-bond acceptors (Lipinski definition) is 6. The summed E-state index contributed by atoms with van der Waals surface area (Å²) >= 11 is 0. The van der Waals surface area contributed by atoms with Gasteiger partial charge < -0.3 is 19.3 Å². The molecule has 0 radical (unpaired) electrons. The minimum absolute atomic E-state index is 0.151. The van der Waals surface area contributed by atoms with E-state index in [-0.39, 0.29) is 5.57 Å². The molecule has 0 aromatic heterocycles. The molecule has 0 unspecified atom stereocenters. The van der Waals surface area contributed by atoms with Crippen molar-refractivity contribution in [2.45, 2.75) is 0 Å². The lowest BCUT2D eigenvalue weighted by Crippen LogP contribution is -2.19. The molecule has 0 spiro atoms. The van der Waals surface area contributed by atoms with Crippen LogP contribution in [-0.2, 0) is 0 Å². The second kappa shape index (κ2) is 7.43. The summed E-state index contributed by atoms with van der Waals surface area (Å²) in [6, 6.07) is 9.60. The fourth-order valence-corrected chi connectivity index (χ4v) is 2.70. The lowest BCUT2D eigenvalue weighted by Gasteiger charge is -2.20. The van der Waals surface area contributed by atoms with Gasteiger partial charge in [-0.15, -0.1) is 0 Å². The Labute approximate surface area is 142 Å². The first-order valence-electron chi connectivity index (χ1n) is 7.41. The van der Waals surface area contributed by atoms with Crippen LogP contribution in [-0.4, -0.2) is 46.3 Å². The molecule has 6 nitrogen and oxygen atoms in total. The number of ether oxygens (including phenoxy) is 2. The highest BCUT2D eigenvalue weighted by atomic mass is 16.5. The van der Waals surface area contributed by atoms with Crippen molar-refractivity contribution in [1.29, 1.82) is 10.5 Å². The standard InChI is InChI=1S/C18H20N4O2/c1-21(2)10-14-11-22(12-16(14)13(8-19)9-20)17-6-5-15(23-3)7-18(17)24-4/h5-7,10H,11-12H2,1-4H3. The first-order chi connectivity index (χ1) is 11.5. The number of rotatable bonds is 4. The molecule has 0 saturated carbocycles. The minimum atomic E-state index is 0.151. The number of anilines is 1. The van der Waals surface area contributed by atoms with Gasteiger partial charge in [0.1, 0.15) is 29.2 Å². The van der Waals surface area contributed by atoms with Crippen molar-refractivity contribution < 1.29 is 9.47 Å². The lowest BCUT2D eigenvalue weighted by molar-refractivity contribution is 0.394. The topological polar surface area (TPSA) is 72.5 Å². The fourth-order valence-electron chi connectivity index (χ4n) is 2.70. The number of hydrogen-bond donors (Lipinski definition) is 0. The molecule has 0 amide bonds. The largest absolute Gasteiger partial charge is 0.497 e. The Morgan fingerprint density at radius 3 is 2.42 bits per heavy atom. The highest BCUT2D eigenvalue weighted by Gasteiger charge is 2.27. The average Bonchev–Trinajstić information content (AvgIpc) is 2.98. The zero-order chi connectivity index (χ0) is 17.7. The number of nitriles is 2. The molecule has 124 valence electrons. The second-order valence-electron chi connectivity index (χ2n) is 5.59.